The molecule has 2 aromatic rings. The van der Waals surface area contributed by atoms with E-state index in [0.29, 0.717) is 32.7 Å². The Bertz CT molecular complexity index is 644. The van der Waals surface area contributed by atoms with E-state index >= 15 is 0 Å². The first kappa shape index (κ1) is 13.5. The van der Waals surface area contributed by atoms with Gasteiger partial charge in [-0.15, -0.1) is 0 Å². The molecule has 2 aromatic carbocycles. The Morgan fingerprint density at radius 2 is 1.74 bits per heavy atom. The highest BCUT2D eigenvalue weighted by Crippen LogP contribution is 2.25. The number of rotatable bonds is 2. The molecular weight excluding hydrogens is 285 g/mol. The van der Waals surface area contributed by atoms with Crippen molar-refractivity contribution >= 4 is 46.2 Å². The minimum absolute atomic E-state index is 0.325. The van der Waals surface area contributed by atoms with Crippen molar-refractivity contribution in [3.63, 3.8) is 0 Å². The number of carbonyl (C=O) groups excluding carboxylic acids is 1. The fourth-order valence-corrected chi connectivity index (χ4v) is 1.91. The minimum atomic E-state index is -0.325. The Balaban J connectivity index is 2.23. The third-order valence-corrected chi connectivity index (χ3v) is 3.14. The van der Waals surface area contributed by atoms with Gasteiger partial charge in [0.2, 0.25) is 0 Å². The van der Waals surface area contributed by atoms with E-state index in [1.807, 2.05) is 0 Å². The van der Waals surface area contributed by atoms with Gasteiger partial charge in [0.25, 0.3) is 5.91 Å². The van der Waals surface area contributed by atoms with Crippen LogP contribution in [0.3, 0.4) is 0 Å². The maximum absolute atomic E-state index is 12.0. The van der Waals surface area contributed by atoms with E-state index in [1.165, 1.54) is 6.07 Å². The van der Waals surface area contributed by atoms with Crippen molar-refractivity contribution in [1.82, 2.24) is 0 Å². The summed E-state index contributed by atoms with van der Waals surface area (Å²) in [5, 5.41) is 3.37. The summed E-state index contributed by atoms with van der Waals surface area (Å²) in [6.45, 7) is 0. The SMILES string of the molecule is Nc1ccc(NC(=O)c2ccc(N)c(Cl)c2)c(Cl)c1. The number of halogens is 2. The van der Waals surface area contributed by atoms with Crippen LogP contribution in [0.2, 0.25) is 10.0 Å². The third-order valence-electron chi connectivity index (χ3n) is 2.50. The van der Waals surface area contributed by atoms with E-state index in [0.717, 1.165) is 0 Å². The summed E-state index contributed by atoms with van der Waals surface area (Å²) >= 11 is 11.8. The number of anilines is 3. The van der Waals surface area contributed by atoms with Crippen LogP contribution < -0.4 is 16.8 Å². The lowest BCUT2D eigenvalue weighted by molar-refractivity contribution is 0.102. The molecule has 0 heterocycles. The molecule has 0 saturated heterocycles. The van der Waals surface area contributed by atoms with Crippen molar-refractivity contribution in [2.75, 3.05) is 16.8 Å². The van der Waals surface area contributed by atoms with Gasteiger partial charge in [-0.2, -0.15) is 0 Å². The monoisotopic (exact) mass is 295 g/mol. The molecule has 0 aliphatic carbocycles. The summed E-state index contributed by atoms with van der Waals surface area (Å²) in [6.07, 6.45) is 0. The normalized spacial score (nSPS) is 10.2. The summed E-state index contributed by atoms with van der Waals surface area (Å²) in [4.78, 5) is 12.0. The molecule has 1 amide bonds. The average molecular weight is 296 g/mol. The third kappa shape index (κ3) is 3.10. The zero-order valence-corrected chi connectivity index (χ0v) is 11.3. The van der Waals surface area contributed by atoms with Crippen LogP contribution in [-0.2, 0) is 0 Å². The van der Waals surface area contributed by atoms with Crippen molar-refractivity contribution in [2.45, 2.75) is 0 Å². The Morgan fingerprint density at radius 1 is 1.00 bits per heavy atom. The van der Waals surface area contributed by atoms with Gasteiger partial charge in [-0.3, -0.25) is 4.79 Å². The molecule has 0 atom stereocenters. The molecule has 0 radical (unpaired) electrons. The van der Waals surface area contributed by atoms with Crippen LogP contribution in [0, 0.1) is 0 Å². The fraction of sp³-hybridized carbons (Fsp3) is 0. The van der Waals surface area contributed by atoms with Gasteiger partial charge in [-0.05, 0) is 36.4 Å². The first-order valence-corrected chi connectivity index (χ1v) is 6.14. The van der Waals surface area contributed by atoms with E-state index in [9.17, 15) is 4.79 Å². The second-order valence-corrected chi connectivity index (χ2v) is 4.74. The van der Waals surface area contributed by atoms with Gasteiger partial charge in [0, 0.05) is 11.3 Å². The molecule has 0 saturated carbocycles. The number of nitrogen functional groups attached to an aromatic ring is 2. The maximum Gasteiger partial charge on any atom is 0.255 e. The standard InChI is InChI=1S/C13H11Cl2N3O/c14-9-5-7(1-3-11(9)17)13(19)18-12-4-2-8(16)6-10(12)15/h1-6H,16-17H2,(H,18,19). The van der Waals surface area contributed by atoms with E-state index in [1.54, 1.807) is 30.3 Å². The van der Waals surface area contributed by atoms with Gasteiger partial charge in [0.05, 0.1) is 21.4 Å². The number of hydrogen-bond donors (Lipinski definition) is 3. The maximum atomic E-state index is 12.0. The predicted molar refractivity (Wildman–Crippen MR) is 79.7 cm³/mol. The summed E-state index contributed by atoms with van der Waals surface area (Å²) in [6, 6.07) is 9.50. The summed E-state index contributed by atoms with van der Waals surface area (Å²) in [5.74, 6) is -0.325. The zero-order valence-electron chi connectivity index (χ0n) is 9.78. The van der Waals surface area contributed by atoms with Crippen molar-refractivity contribution in [3.8, 4) is 0 Å². The van der Waals surface area contributed by atoms with Crippen LogP contribution >= 0.6 is 23.2 Å². The molecule has 0 unspecified atom stereocenters. The van der Waals surface area contributed by atoms with Crippen molar-refractivity contribution in [1.29, 1.82) is 0 Å². The highest BCUT2D eigenvalue weighted by atomic mass is 35.5. The number of benzene rings is 2. The Kier molecular flexibility index (Phi) is 3.83. The van der Waals surface area contributed by atoms with Crippen molar-refractivity contribution in [2.24, 2.45) is 0 Å². The van der Waals surface area contributed by atoms with E-state index in [4.69, 9.17) is 34.7 Å². The van der Waals surface area contributed by atoms with Crippen LogP contribution in [0.25, 0.3) is 0 Å². The van der Waals surface area contributed by atoms with E-state index < -0.39 is 0 Å². The molecule has 19 heavy (non-hydrogen) atoms. The van der Waals surface area contributed by atoms with Gasteiger partial charge >= 0.3 is 0 Å². The van der Waals surface area contributed by atoms with Crippen LogP contribution in [0.5, 0.6) is 0 Å². The van der Waals surface area contributed by atoms with E-state index in [-0.39, 0.29) is 5.91 Å². The molecular formula is C13H11Cl2N3O. The van der Waals surface area contributed by atoms with Crippen molar-refractivity contribution in [3.05, 3.63) is 52.0 Å². The predicted octanol–water partition coefficient (Wildman–Crippen LogP) is 3.41. The molecule has 0 aromatic heterocycles. The summed E-state index contributed by atoms with van der Waals surface area (Å²) in [7, 11) is 0. The molecule has 5 N–H and O–H groups in total. The smallest absolute Gasteiger partial charge is 0.255 e. The van der Waals surface area contributed by atoms with Crippen LogP contribution in [-0.4, -0.2) is 5.91 Å². The number of carbonyl (C=O) groups is 1. The Morgan fingerprint density at radius 3 is 2.37 bits per heavy atom. The first-order valence-electron chi connectivity index (χ1n) is 5.39. The van der Waals surface area contributed by atoms with Gasteiger partial charge < -0.3 is 16.8 Å². The average Bonchev–Trinajstić information content (AvgIpc) is 2.36. The summed E-state index contributed by atoms with van der Waals surface area (Å²) in [5.41, 5.74) is 13.0. The fourth-order valence-electron chi connectivity index (χ4n) is 1.50. The molecule has 4 nitrogen and oxygen atoms in total. The molecule has 6 heteroatoms. The Labute approximate surface area is 120 Å². The largest absolute Gasteiger partial charge is 0.399 e. The van der Waals surface area contributed by atoms with Crippen LogP contribution in [0.15, 0.2) is 36.4 Å². The zero-order chi connectivity index (χ0) is 14.0. The first-order chi connectivity index (χ1) is 8.97. The molecule has 0 aliphatic heterocycles. The Hall–Kier alpha value is -1.91. The highest BCUT2D eigenvalue weighted by Gasteiger charge is 2.10. The quantitative estimate of drug-likeness (QED) is 0.743. The number of nitrogens with two attached hydrogens (primary N) is 2. The van der Waals surface area contributed by atoms with Gasteiger partial charge in [0.15, 0.2) is 0 Å². The lowest BCUT2D eigenvalue weighted by Crippen LogP contribution is -2.12. The number of amides is 1. The molecule has 0 spiro atoms. The number of nitrogens with one attached hydrogen (secondary N) is 1. The lowest BCUT2D eigenvalue weighted by atomic mass is 10.2. The van der Waals surface area contributed by atoms with Gasteiger partial charge in [-0.25, -0.2) is 0 Å². The summed E-state index contributed by atoms with van der Waals surface area (Å²) < 4.78 is 0. The van der Waals surface area contributed by atoms with Gasteiger partial charge in [-0.1, -0.05) is 23.2 Å². The minimum Gasteiger partial charge on any atom is -0.399 e. The lowest BCUT2D eigenvalue weighted by Gasteiger charge is -2.08. The highest BCUT2D eigenvalue weighted by molar-refractivity contribution is 6.34. The second kappa shape index (κ2) is 5.38. The van der Waals surface area contributed by atoms with Crippen LogP contribution in [0.4, 0.5) is 17.1 Å². The topological polar surface area (TPSA) is 81.1 Å². The second-order valence-electron chi connectivity index (χ2n) is 3.93. The molecule has 98 valence electrons. The molecule has 0 bridgehead atoms. The molecule has 0 aliphatic rings. The number of hydrogen-bond acceptors (Lipinski definition) is 3. The molecule has 2 rings (SSSR count). The van der Waals surface area contributed by atoms with Gasteiger partial charge in [0.1, 0.15) is 0 Å². The van der Waals surface area contributed by atoms with Crippen molar-refractivity contribution < 1.29 is 4.79 Å². The molecule has 0 fully saturated rings. The van der Waals surface area contributed by atoms with E-state index in [2.05, 4.69) is 5.32 Å². The van der Waals surface area contributed by atoms with Crippen LogP contribution in [0.1, 0.15) is 10.4 Å².